The first kappa shape index (κ1) is 16.6. The third-order valence-corrected chi connectivity index (χ3v) is 4.73. The van der Waals surface area contributed by atoms with Crippen molar-refractivity contribution in [1.29, 1.82) is 0 Å². The third-order valence-electron chi connectivity index (χ3n) is 4.73. The van der Waals surface area contributed by atoms with Gasteiger partial charge in [0.1, 0.15) is 11.6 Å². The van der Waals surface area contributed by atoms with Gasteiger partial charge in [-0.1, -0.05) is 0 Å². The summed E-state index contributed by atoms with van der Waals surface area (Å²) in [5, 5.41) is 8.26. The highest BCUT2D eigenvalue weighted by Crippen LogP contribution is 2.24. The normalized spacial score (nSPS) is 17.1. The number of H-pyrrole nitrogens is 1. The lowest BCUT2D eigenvalue weighted by molar-refractivity contribution is 0.0538. The number of nitrogens with zero attached hydrogens (tertiary/aromatic N) is 6. The molecule has 0 saturated heterocycles. The smallest absolute Gasteiger partial charge is 0.257 e. The highest BCUT2D eigenvalue weighted by atomic mass is 19.1. The molecule has 0 spiro atoms. The Hall–Kier alpha value is -2.81. The number of hydrogen-bond acceptors (Lipinski definition) is 5. The van der Waals surface area contributed by atoms with E-state index in [0.29, 0.717) is 36.5 Å². The number of hydrogen-bond donors (Lipinski definition) is 1. The second-order valence-electron chi connectivity index (χ2n) is 6.87. The van der Waals surface area contributed by atoms with Gasteiger partial charge in [-0.2, -0.15) is 0 Å². The lowest BCUT2D eigenvalue weighted by Crippen LogP contribution is -2.51. The van der Waals surface area contributed by atoms with Gasteiger partial charge in [-0.15, -0.1) is 10.2 Å². The van der Waals surface area contributed by atoms with Gasteiger partial charge in [0.25, 0.3) is 5.91 Å². The van der Waals surface area contributed by atoms with E-state index < -0.39 is 5.82 Å². The molecule has 1 unspecified atom stereocenters. The minimum atomic E-state index is -0.557. The van der Waals surface area contributed by atoms with Gasteiger partial charge >= 0.3 is 0 Å². The average Bonchev–Trinajstić information content (AvgIpc) is 3.19. The van der Waals surface area contributed by atoms with E-state index in [9.17, 15) is 9.18 Å². The Morgan fingerprint density at radius 1 is 1.38 bits per heavy atom. The van der Waals surface area contributed by atoms with Crippen LogP contribution in [0.15, 0.2) is 18.5 Å². The van der Waals surface area contributed by atoms with E-state index in [1.165, 1.54) is 18.5 Å². The summed E-state index contributed by atoms with van der Waals surface area (Å²) in [6.45, 7) is 3.45. The SMILES string of the molecule is Cc1nnc2n1CC(CN(C)C)N(C(=O)c1cc3nc[nH]c3cc1F)C2. The minimum Gasteiger partial charge on any atom is -0.345 e. The zero-order valence-corrected chi connectivity index (χ0v) is 14.9. The van der Waals surface area contributed by atoms with Gasteiger partial charge < -0.3 is 19.4 Å². The molecule has 9 heteroatoms. The Labute approximate surface area is 149 Å². The summed E-state index contributed by atoms with van der Waals surface area (Å²) >= 11 is 0. The van der Waals surface area contributed by atoms with Gasteiger partial charge in [0.05, 0.1) is 35.5 Å². The number of nitrogens with one attached hydrogen (secondary N) is 1. The largest absolute Gasteiger partial charge is 0.345 e. The van der Waals surface area contributed by atoms with E-state index in [1.54, 1.807) is 4.90 Å². The van der Waals surface area contributed by atoms with Crippen molar-refractivity contribution in [2.45, 2.75) is 26.1 Å². The number of fused-ring (bicyclic) bond motifs is 2. The van der Waals surface area contributed by atoms with Gasteiger partial charge in [0.15, 0.2) is 5.82 Å². The third kappa shape index (κ3) is 2.74. The first-order valence-corrected chi connectivity index (χ1v) is 8.41. The molecule has 0 aliphatic carbocycles. The van der Waals surface area contributed by atoms with E-state index in [1.807, 2.05) is 30.5 Å². The minimum absolute atomic E-state index is 0.0260. The fourth-order valence-corrected chi connectivity index (χ4v) is 3.46. The Kier molecular flexibility index (Phi) is 3.95. The lowest BCUT2D eigenvalue weighted by Gasteiger charge is -2.37. The van der Waals surface area contributed by atoms with Crippen LogP contribution in [0.25, 0.3) is 11.0 Å². The summed E-state index contributed by atoms with van der Waals surface area (Å²) in [4.78, 5) is 23.8. The Morgan fingerprint density at radius 2 is 2.19 bits per heavy atom. The van der Waals surface area contributed by atoms with Crippen LogP contribution in [0.3, 0.4) is 0 Å². The summed E-state index contributed by atoms with van der Waals surface area (Å²) in [7, 11) is 3.90. The van der Waals surface area contributed by atoms with Gasteiger partial charge in [-0.05, 0) is 27.1 Å². The maximum Gasteiger partial charge on any atom is 0.257 e. The molecule has 3 aromatic rings. The van der Waals surface area contributed by atoms with Crippen molar-refractivity contribution in [3.05, 3.63) is 41.5 Å². The number of rotatable bonds is 3. The molecule has 2 aromatic heterocycles. The molecule has 1 atom stereocenters. The van der Waals surface area contributed by atoms with Crippen molar-refractivity contribution in [2.24, 2.45) is 0 Å². The first-order chi connectivity index (χ1) is 12.4. The molecular formula is C17H20FN7O. The van der Waals surface area contributed by atoms with Crippen LogP contribution in [0.4, 0.5) is 4.39 Å². The fourth-order valence-electron chi connectivity index (χ4n) is 3.46. The number of aromatic amines is 1. The molecule has 26 heavy (non-hydrogen) atoms. The van der Waals surface area contributed by atoms with E-state index in [0.717, 1.165) is 5.82 Å². The molecule has 0 saturated carbocycles. The Morgan fingerprint density at radius 3 is 2.96 bits per heavy atom. The van der Waals surface area contributed by atoms with Crippen LogP contribution in [0.2, 0.25) is 0 Å². The number of carbonyl (C=O) groups excluding carboxylic acids is 1. The number of benzene rings is 1. The summed E-state index contributed by atoms with van der Waals surface area (Å²) in [6.07, 6.45) is 1.49. The van der Waals surface area contributed by atoms with E-state index in [4.69, 9.17) is 0 Å². The predicted molar refractivity (Wildman–Crippen MR) is 93.0 cm³/mol. The van der Waals surface area contributed by atoms with Crippen molar-refractivity contribution in [1.82, 2.24) is 34.5 Å². The highest BCUT2D eigenvalue weighted by Gasteiger charge is 2.33. The molecule has 1 aromatic carbocycles. The summed E-state index contributed by atoms with van der Waals surface area (Å²) < 4.78 is 16.6. The Bertz CT molecular complexity index is 977. The van der Waals surface area contributed by atoms with Crippen LogP contribution < -0.4 is 0 Å². The molecule has 4 rings (SSSR count). The number of amides is 1. The molecule has 136 valence electrons. The second kappa shape index (κ2) is 6.17. The topological polar surface area (TPSA) is 82.9 Å². The van der Waals surface area contributed by atoms with Gasteiger partial charge in [0, 0.05) is 19.2 Å². The molecular weight excluding hydrogens is 337 g/mol. The van der Waals surface area contributed by atoms with Crippen LogP contribution >= 0.6 is 0 Å². The molecule has 1 amide bonds. The first-order valence-electron chi connectivity index (χ1n) is 8.41. The molecule has 1 aliphatic heterocycles. The zero-order valence-electron chi connectivity index (χ0n) is 14.9. The highest BCUT2D eigenvalue weighted by molar-refractivity contribution is 5.97. The standard InChI is InChI=1S/C17H20FN7O/c1-10-21-22-16-8-25(11(6-23(2)3)7-24(10)16)17(26)12-4-14-15(5-13(12)18)20-9-19-14/h4-5,9,11H,6-8H2,1-3H3,(H,19,20). The molecule has 8 nitrogen and oxygen atoms in total. The van der Waals surface area contributed by atoms with E-state index in [-0.39, 0.29) is 17.5 Å². The summed E-state index contributed by atoms with van der Waals surface area (Å²) in [5.74, 6) is 0.622. The van der Waals surface area contributed by atoms with Crippen LogP contribution in [-0.4, -0.2) is 67.1 Å². The quantitative estimate of drug-likeness (QED) is 0.761. The number of likely N-dealkylation sites (N-methyl/N-ethyl adjacent to an activating group) is 1. The van der Waals surface area contributed by atoms with E-state index in [2.05, 4.69) is 20.2 Å². The fraction of sp³-hybridized carbons (Fsp3) is 0.412. The van der Waals surface area contributed by atoms with Crippen molar-refractivity contribution < 1.29 is 9.18 Å². The molecule has 0 fully saturated rings. The monoisotopic (exact) mass is 357 g/mol. The van der Waals surface area contributed by atoms with Crippen LogP contribution in [-0.2, 0) is 13.1 Å². The second-order valence-corrected chi connectivity index (χ2v) is 6.87. The maximum atomic E-state index is 14.6. The van der Waals surface area contributed by atoms with Crippen molar-refractivity contribution in [3.8, 4) is 0 Å². The number of aromatic nitrogens is 5. The average molecular weight is 357 g/mol. The van der Waals surface area contributed by atoms with Gasteiger partial charge in [-0.3, -0.25) is 4.79 Å². The zero-order chi connectivity index (χ0) is 18.4. The van der Waals surface area contributed by atoms with Gasteiger partial charge in [-0.25, -0.2) is 9.37 Å². The van der Waals surface area contributed by atoms with E-state index >= 15 is 0 Å². The van der Waals surface area contributed by atoms with Gasteiger partial charge in [0.2, 0.25) is 0 Å². The maximum absolute atomic E-state index is 14.6. The van der Waals surface area contributed by atoms with Crippen molar-refractivity contribution in [2.75, 3.05) is 20.6 Å². The summed E-state index contributed by atoms with van der Waals surface area (Å²) in [6, 6.07) is 2.71. The molecule has 0 radical (unpaired) electrons. The number of aryl methyl sites for hydroxylation is 1. The lowest BCUT2D eigenvalue weighted by atomic mass is 10.1. The molecule has 0 bridgehead atoms. The number of carbonyl (C=O) groups is 1. The number of imidazole rings is 1. The molecule has 3 heterocycles. The van der Waals surface area contributed by atoms with Crippen molar-refractivity contribution >= 4 is 16.9 Å². The van der Waals surface area contributed by atoms with Crippen molar-refractivity contribution in [3.63, 3.8) is 0 Å². The van der Waals surface area contributed by atoms with Crippen LogP contribution in [0.5, 0.6) is 0 Å². The predicted octanol–water partition coefficient (Wildman–Crippen LogP) is 1.19. The summed E-state index contributed by atoms with van der Waals surface area (Å²) in [5.41, 5.74) is 1.16. The molecule has 1 N–H and O–H groups in total. The van der Waals surface area contributed by atoms with Crippen LogP contribution in [0, 0.1) is 12.7 Å². The molecule has 1 aliphatic rings. The Balaban J connectivity index is 1.72. The number of halogens is 1. The van der Waals surface area contributed by atoms with Crippen LogP contribution in [0.1, 0.15) is 22.0 Å².